The molecule has 31 heavy (non-hydrogen) atoms. The smallest absolute Gasteiger partial charge is 0.336 e. The molecule has 0 spiro atoms. The van der Waals surface area contributed by atoms with Gasteiger partial charge >= 0.3 is 5.97 Å². The van der Waals surface area contributed by atoms with Gasteiger partial charge in [0, 0.05) is 18.2 Å². The Morgan fingerprint density at radius 3 is 2.19 bits per heavy atom. The summed E-state index contributed by atoms with van der Waals surface area (Å²) in [5, 5.41) is 10.8. The third-order valence-corrected chi connectivity index (χ3v) is 4.38. The van der Waals surface area contributed by atoms with Gasteiger partial charge in [-0.3, -0.25) is 10.1 Å². The van der Waals surface area contributed by atoms with Gasteiger partial charge in [0.15, 0.2) is 11.5 Å². The number of carbonyl (C=O) groups excluding carboxylic acids is 1. The molecule has 0 radical (unpaired) electrons. The lowest BCUT2D eigenvalue weighted by Crippen LogP contribution is -2.03. The van der Waals surface area contributed by atoms with Crippen molar-refractivity contribution >= 4 is 17.7 Å². The fourth-order valence-electron chi connectivity index (χ4n) is 2.87. The Morgan fingerprint density at radius 2 is 1.61 bits per heavy atom. The molecule has 7 nitrogen and oxygen atoms in total. The van der Waals surface area contributed by atoms with Crippen molar-refractivity contribution < 1.29 is 23.9 Å². The number of nitro groups is 1. The van der Waals surface area contributed by atoms with Crippen LogP contribution in [0.1, 0.15) is 12.5 Å². The first kappa shape index (κ1) is 21.6. The third-order valence-electron chi connectivity index (χ3n) is 4.38. The van der Waals surface area contributed by atoms with E-state index in [9.17, 15) is 14.9 Å². The quantitative estimate of drug-likeness (QED) is 0.162. The monoisotopic (exact) mass is 419 g/mol. The van der Waals surface area contributed by atoms with E-state index in [1.165, 1.54) is 18.2 Å². The largest absolute Gasteiger partial charge is 0.493 e. The first-order chi connectivity index (χ1) is 15.0. The summed E-state index contributed by atoms with van der Waals surface area (Å²) in [6.45, 7) is 2.42. The molecule has 7 heteroatoms. The number of rotatable bonds is 8. The number of esters is 1. The molecule has 0 amide bonds. The van der Waals surface area contributed by atoms with E-state index in [1.807, 2.05) is 13.0 Å². The van der Waals surface area contributed by atoms with E-state index in [0.717, 1.165) is 16.7 Å². The van der Waals surface area contributed by atoms with Gasteiger partial charge in [-0.25, -0.2) is 4.79 Å². The highest BCUT2D eigenvalue weighted by Gasteiger charge is 2.07. The number of ether oxygens (including phenoxy) is 3. The average Bonchev–Trinajstić information content (AvgIpc) is 2.79. The van der Waals surface area contributed by atoms with Crippen LogP contribution in [0.3, 0.4) is 0 Å². The molecule has 0 aliphatic rings. The summed E-state index contributed by atoms with van der Waals surface area (Å²) >= 11 is 0. The number of benzene rings is 3. The van der Waals surface area contributed by atoms with Crippen LogP contribution in [0.2, 0.25) is 0 Å². The maximum absolute atomic E-state index is 12.1. The zero-order valence-corrected chi connectivity index (χ0v) is 17.1. The molecular formula is C24H21NO6. The lowest BCUT2D eigenvalue weighted by Gasteiger charge is -2.09. The topological polar surface area (TPSA) is 87.9 Å². The van der Waals surface area contributed by atoms with E-state index in [2.05, 4.69) is 0 Å². The van der Waals surface area contributed by atoms with Crippen molar-refractivity contribution in [2.45, 2.75) is 6.92 Å². The Bertz CT molecular complexity index is 1090. The molecule has 0 fully saturated rings. The molecule has 3 rings (SSSR count). The van der Waals surface area contributed by atoms with E-state index in [1.54, 1.807) is 61.7 Å². The van der Waals surface area contributed by atoms with Gasteiger partial charge in [0.25, 0.3) is 5.69 Å². The van der Waals surface area contributed by atoms with Gasteiger partial charge in [-0.2, -0.15) is 0 Å². The van der Waals surface area contributed by atoms with Crippen LogP contribution in [0.25, 0.3) is 17.2 Å². The minimum Gasteiger partial charge on any atom is -0.493 e. The molecular weight excluding hydrogens is 398 g/mol. The number of hydrogen-bond donors (Lipinski definition) is 0. The molecule has 0 aliphatic carbocycles. The van der Waals surface area contributed by atoms with Crippen LogP contribution < -0.4 is 14.2 Å². The molecule has 0 N–H and O–H groups in total. The second kappa shape index (κ2) is 10.1. The van der Waals surface area contributed by atoms with Crippen LogP contribution >= 0.6 is 0 Å². The van der Waals surface area contributed by atoms with Gasteiger partial charge in [-0.05, 0) is 66.1 Å². The summed E-state index contributed by atoms with van der Waals surface area (Å²) in [6, 6.07) is 18.5. The number of nitrogens with zero attached hydrogens (tertiary/aromatic N) is 1. The van der Waals surface area contributed by atoms with Crippen molar-refractivity contribution in [1.29, 1.82) is 0 Å². The van der Waals surface area contributed by atoms with Gasteiger partial charge in [0.2, 0.25) is 0 Å². The molecule has 0 aromatic heterocycles. The van der Waals surface area contributed by atoms with Gasteiger partial charge < -0.3 is 14.2 Å². The summed E-state index contributed by atoms with van der Waals surface area (Å²) in [7, 11) is 1.56. The van der Waals surface area contributed by atoms with Crippen molar-refractivity contribution in [2.24, 2.45) is 0 Å². The summed E-state index contributed by atoms with van der Waals surface area (Å²) in [5.41, 5.74) is 2.48. The van der Waals surface area contributed by atoms with Crippen LogP contribution in [0.5, 0.6) is 17.2 Å². The number of methoxy groups -OCH3 is 1. The van der Waals surface area contributed by atoms with Gasteiger partial charge in [0.1, 0.15) is 5.75 Å². The van der Waals surface area contributed by atoms with E-state index in [-0.39, 0.29) is 5.69 Å². The summed E-state index contributed by atoms with van der Waals surface area (Å²) in [5.74, 6) is 1.09. The Morgan fingerprint density at radius 1 is 0.968 bits per heavy atom. The van der Waals surface area contributed by atoms with Gasteiger partial charge in [-0.1, -0.05) is 18.2 Å². The van der Waals surface area contributed by atoms with Crippen molar-refractivity contribution in [2.75, 3.05) is 13.7 Å². The molecule has 0 saturated heterocycles. The van der Waals surface area contributed by atoms with E-state index >= 15 is 0 Å². The zero-order valence-electron chi connectivity index (χ0n) is 17.1. The Kier molecular flexibility index (Phi) is 7.01. The molecule has 0 unspecified atom stereocenters. The normalized spacial score (nSPS) is 10.6. The van der Waals surface area contributed by atoms with Crippen molar-refractivity contribution in [3.63, 3.8) is 0 Å². The van der Waals surface area contributed by atoms with Crippen LogP contribution in [-0.4, -0.2) is 24.6 Å². The van der Waals surface area contributed by atoms with Gasteiger partial charge in [-0.15, -0.1) is 0 Å². The molecule has 0 bridgehead atoms. The Hall–Kier alpha value is -4.13. The van der Waals surface area contributed by atoms with Gasteiger partial charge in [0.05, 0.1) is 18.6 Å². The summed E-state index contributed by atoms with van der Waals surface area (Å²) in [6.07, 6.45) is 2.96. The lowest BCUT2D eigenvalue weighted by atomic mass is 10.1. The number of non-ortho nitro benzene ring substituents is 1. The fourth-order valence-corrected chi connectivity index (χ4v) is 2.87. The predicted molar refractivity (Wildman–Crippen MR) is 117 cm³/mol. The van der Waals surface area contributed by atoms with Crippen LogP contribution in [-0.2, 0) is 4.79 Å². The highest BCUT2D eigenvalue weighted by atomic mass is 16.6. The SMILES string of the molecule is CCOc1ccc(/C=C/C(=O)Oc2ccc(-c3ccc([N+](=O)[O-])cc3)cc2)cc1OC. The highest BCUT2D eigenvalue weighted by Crippen LogP contribution is 2.28. The highest BCUT2D eigenvalue weighted by molar-refractivity contribution is 5.89. The third kappa shape index (κ3) is 5.70. The molecule has 158 valence electrons. The first-order valence-corrected chi connectivity index (χ1v) is 9.55. The number of nitro benzene ring substituents is 1. The maximum Gasteiger partial charge on any atom is 0.336 e. The molecule has 0 saturated carbocycles. The first-order valence-electron chi connectivity index (χ1n) is 9.55. The van der Waals surface area contributed by atoms with Crippen LogP contribution in [0.15, 0.2) is 72.8 Å². The summed E-state index contributed by atoms with van der Waals surface area (Å²) in [4.78, 5) is 22.4. The minimum absolute atomic E-state index is 0.0336. The molecule has 0 aliphatic heterocycles. The molecule has 3 aromatic carbocycles. The standard InChI is InChI=1S/C24H21NO6/c1-3-30-22-14-4-17(16-23(22)29-2)5-15-24(26)31-21-12-8-19(9-13-21)18-6-10-20(11-7-18)25(27)28/h4-16H,3H2,1-2H3/b15-5+. The van der Waals surface area contributed by atoms with E-state index < -0.39 is 10.9 Å². The molecule has 3 aromatic rings. The Balaban J connectivity index is 1.63. The zero-order chi connectivity index (χ0) is 22.2. The fraction of sp³-hybridized carbons (Fsp3) is 0.125. The van der Waals surface area contributed by atoms with Crippen LogP contribution in [0.4, 0.5) is 5.69 Å². The van der Waals surface area contributed by atoms with Crippen molar-refractivity contribution in [3.05, 3.63) is 88.5 Å². The van der Waals surface area contributed by atoms with E-state index in [4.69, 9.17) is 14.2 Å². The minimum atomic E-state index is -0.518. The predicted octanol–water partition coefficient (Wildman–Crippen LogP) is 5.29. The lowest BCUT2D eigenvalue weighted by molar-refractivity contribution is -0.384. The Labute approximate surface area is 179 Å². The van der Waals surface area contributed by atoms with Crippen molar-refractivity contribution in [1.82, 2.24) is 0 Å². The van der Waals surface area contributed by atoms with E-state index in [0.29, 0.717) is 23.9 Å². The number of carbonyl (C=O) groups is 1. The summed E-state index contributed by atoms with van der Waals surface area (Å²) < 4.78 is 16.1. The molecule has 0 heterocycles. The maximum atomic E-state index is 12.1. The second-order valence-corrected chi connectivity index (χ2v) is 6.43. The second-order valence-electron chi connectivity index (χ2n) is 6.43. The molecule has 0 atom stereocenters. The van der Waals surface area contributed by atoms with Crippen molar-refractivity contribution in [3.8, 4) is 28.4 Å². The number of hydrogen-bond acceptors (Lipinski definition) is 6. The van der Waals surface area contributed by atoms with Crippen LogP contribution in [0, 0.1) is 10.1 Å². The average molecular weight is 419 g/mol.